The van der Waals surface area contributed by atoms with Crippen LogP contribution in [0.3, 0.4) is 0 Å². The van der Waals surface area contributed by atoms with Crippen LogP contribution in [0.4, 0.5) is 0 Å². The number of amides is 1. The second-order valence-corrected chi connectivity index (χ2v) is 11.5. The van der Waals surface area contributed by atoms with Crippen LogP contribution in [0.2, 0.25) is 0 Å². The third-order valence-corrected chi connectivity index (χ3v) is 8.14. The molecule has 1 aromatic carbocycles. The normalized spacial score (nSPS) is 17.7. The minimum absolute atomic E-state index is 0.282. The summed E-state index contributed by atoms with van der Waals surface area (Å²) in [5, 5.41) is 7.42. The summed E-state index contributed by atoms with van der Waals surface area (Å²) in [5.74, 6) is 1.80. The number of hydrogen-bond acceptors (Lipinski definition) is 7. The van der Waals surface area contributed by atoms with Crippen molar-refractivity contribution in [3.63, 3.8) is 0 Å². The zero-order valence-corrected chi connectivity index (χ0v) is 25.7. The zero-order chi connectivity index (χ0) is 30.2. The maximum absolute atomic E-state index is 13.6. The summed E-state index contributed by atoms with van der Waals surface area (Å²) in [7, 11) is 0. The van der Waals surface area contributed by atoms with Gasteiger partial charge in [0.1, 0.15) is 11.6 Å². The van der Waals surface area contributed by atoms with Crippen LogP contribution in [0.1, 0.15) is 94.5 Å². The van der Waals surface area contributed by atoms with Gasteiger partial charge in [-0.2, -0.15) is 0 Å². The number of carboxylic acids is 1. The summed E-state index contributed by atoms with van der Waals surface area (Å²) in [6.07, 6.45) is 15.4. The number of carbonyl (C=O) groups is 2. The van der Waals surface area contributed by atoms with Crippen LogP contribution in [0.15, 0.2) is 36.7 Å². The van der Waals surface area contributed by atoms with E-state index in [9.17, 15) is 4.79 Å². The number of benzene rings is 1. The molecule has 2 unspecified atom stereocenters. The van der Waals surface area contributed by atoms with Gasteiger partial charge < -0.3 is 20.5 Å². The standard InChI is InChI=1S/C31H47N5O2.C2H4O2/c1-2-3-18-35(19-8-6-4-5-7-15-32)31(37)24-36-23-27(25-10-12-29-26(21-25)14-20-38-29)22-28(36)11-13-30-33-16-9-17-34-30;1-2(3)4/h9-10,12,16-17,21,27-28H,2-8,11,13-15,18-20,22-24,32H2,1H3;1H3,(H,3,4). The lowest BCUT2D eigenvalue weighted by molar-refractivity contribution is -0.134. The summed E-state index contributed by atoms with van der Waals surface area (Å²) < 4.78 is 5.74. The number of hydrogen-bond donors (Lipinski definition) is 2. The molecule has 1 fully saturated rings. The van der Waals surface area contributed by atoms with Gasteiger partial charge >= 0.3 is 0 Å². The number of rotatable bonds is 16. The average molecular weight is 582 g/mol. The molecule has 9 heteroatoms. The first-order valence-corrected chi connectivity index (χ1v) is 15.8. The molecule has 9 nitrogen and oxygen atoms in total. The van der Waals surface area contributed by atoms with Crippen molar-refractivity contribution < 1.29 is 19.4 Å². The lowest BCUT2D eigenvalue weighted by atomic mass is 9.93. The quantitative estimate of drug-likeness (QED) is 0.270. The van der Waals surface area contributed by atoms with E-state index in [2.05, 4.69) is 44.9 Å². The Balaban J connectivity index is 0.00000114. The highest BCUT2D eigenvalue weighted by atomic mass is 16.5. The van der Waals surface area contributed by atoms with Gasteiger partial charge in [0, 0.05) is 57.8 Å². The van der Waals surface area contributed by atoms with Crippen LogP contribution in [-0.2, 0) is 22.4 Å². The second-order valence-electron chi connectivity index (χ2n) is 11.5. The van der Waals surface area contributed by atoms with Crippen molar-refractivity contribution in [2.24, 2.45) is 5.73 Å². The smallest absolute Gasteiger partial charge is 0.300 e. The monoisotopic (exact) mass is 581 g/mol. The molecule has 2 atom stereocenters. The molecule has 42 heavy (non-hydrogen) atoms. The SMILES string of the molecule is CC(=O)O.CCCCN(CCCCCCCN)C(=O)CN1CC(c2ccc3c(c2)CCO3)CC1CCc1ncccn1. The van der Waals surface area contributed by atoms with Crippen molar-refractivity contribution in [1.29, 1.82) is 0 Å². The Bertz CT molecular complexity index is 1080. The van der Waals surface area contributed by atoms with E-state index < -0.39 is 5.97 Å². The molecular formula is C33H51N5O4. The van der Waals surface area contributed by atoms with E-state index in [4.69, 9.17) is 20.4 Å². The van der Waals surface area contributed by atoms with Gasteiger partial charge in [0.05, 0.1) is 13.2 Å². The fourth-order valence-electron chi connectivity index (χ4n) is 5.90. The molecule has 0 bridgehead atoms. The molecule has 0 saturated carbocycles. The Morgan fingerprint density at radius 3 is 2.55 bits per heavy atom. The first kappa shape index (κ1) is 33.5. The molecule has 2 aliphatic rings. The van der Waals surface area contributed by atoms with Gasteiger partial charge in [-0.3, -0.25) is 14.5 Å². The van der Waals surface area contributed by atoms with Crippen molar-refractivity contribution >= 4 is 11.9 Å². The first-order valence-electron chi connectivity index (χ1n) is 15.8. The number of carboxylic acid groups (broad SMARTS) is 1. The largest absolute Gasteiger partial charge is 0.493 e. The number of aliphatic carboxylic acids is 1. The fourth-order valence-corrected chi connectivity index (χ4v) is 5.90. The van der Waals surface area contributed by atoms with Gasteiger partial charge in [0.25, 0.3) is 5.97 Å². The van der Waals surface area contributed by atoms with E-state index >= 15 is 0 Å². The highest BCUT2D eigenvalue weighted by Gasteiger charge is 2.35. The van der Waals surface area contributed by atoms with Gasteiger partial charge in [-0.15, -0.1) is 0 Å². The number of nitrogens with two attached hydrogens (primary N) is 1. The molecule has 2 aromatic rings. The zero-order valence-electron chi connectivity index (χ0n) is 25.7. The van der Waals surface area contributed by atoms with Crippen LogP contribution in [0.25, 0.3) is 0 Å². The Labute approximate surface area is 251 Å². The molecule has 0 radical (unpaired) electrons. The molecule has 1 aromatic heterocycles. The third kappa shape index (κ3) is 11.3. The van der Waals surface area contributed by atoms with Gasteiger partial charge in [-0.1, -0.05) is 44.7 Å². The van der Waals surface area contributed by atoms with Crippen molar-refractivity contribution in [2.45, 2.75) is 96.4 Å². The highest BCUT2D eigenvalue weighted by molar-refractivity contribution is 5.78. The Morgan fingerprint density at radius 2 is 1.81 bits per heavy atom. The molecular weight excluding hydrogens is 530 g/mol. The summed E-state index contributed by atoms with van der Waals surface area (Å²) in [6.45, 7) is 7.99. The van der Waals surface area contributed by atoms with E-state index in [0.29, 0.717) is 18.5 Å². The first-order chi connectivity index (χ1) is 20.4. The number of aromatic nitrogens is 2. The van der Waals surface area contributed by atoms with Gasteiger partial charge in [0.15, 0.2) is 0 Å². The maximum Gasteiger partial charge on any atom is 0.300 e. The van der Waals surface area contributed by atoms with Crippen LogP contribution in [0, 0.1) is 0 Å². The Morgan fingerprint density at radius 1 is 1.10 bits per heavy atom. The molecule has 3 heterocycles. The minimum atomic E-state index is -0.833. The number of fused-ring (bicyclic) bond motifs is 1. The lowest BCUT2D eigenvalue weighted by Gasteiger charge is -2.28. The van der Waals surface area contributed by atoms with Crippen LogP contribution < -0.4 is 10.5 Å². The summed E-state index contributed by atoms with van der Waals surface area (Å²) in [4.78, 5) is 36.1. The van der Waals surface area contributed by atoms with Crippen LogP contribution in [0.5, 0.6) is 5.75 Å². The highest BCUT2D eigenvalue weighted by Crippen LogP contribution is 2.36. The predicted octanol–water partition coefficient (Wildman–Crippen LogP) is 4.83. The van der Waals surface area contributed by atoms with Gasteiger partial charge in [-0.05, 0) is 67.8 Å². The van der Waals surface area contributed by atoms with E-state index in [1.54, 1.807) is 0 Å². The van der Waals surface area contributed by atoms with E-state index in [0.717, 1.165) is 103 Å². The lowest BCUT2D eigenvalue weighted by Crippen LogP contribution is -2.43. The molecule has 1 amide bonds. The number of likely N-dealkylation sites (tertiary alicyclic amines) is 1. The van der Waals surface area contributed by atoms with E-state index in [1.165, 1.54) is 30.4 Å². The summed E-state index contributed by atoms with van der Waals surface area (Å²) >= 11 is 0. The Hall–Kier alpha value is -3.04. The van der Waals surface area contributed by atoms with E-state index in [1.807, 2.05) is 18.5 Å². The number of ether oxygens (including phenoxy) is 1. The predicted molar refractivity (Wildman–Crippen MR) is 166 cm³/mol. The van der Waals surface area contributed by atoms with Crippen LogP contribution >= 0.6 is 0 Å². The summed E-state index contributed by atoms with van der Waals surface area (Å²) in [6, 6.07) is 8.92. The van der Waals surface area contributed by atoms with Gasteiger partial charge in [-0.25, -0.2) is 9.97 Å². The number of unbranched alkanes of at least 4 members (excludes halogenated alkanes) is 5. The molecule has 0 aliphatic carbocycles. The summed E-state index contributed by atoms with van der Waals surface area (Å²) in [5.41, 5.74) is 8.33. The second kappa shape index (κ2) is 18.5. The molecule has 0 spiro atoms. The van der Waals surface area contributed by atoms with Crippen molar-refractivity contribution in [3.05, 3.63) is 53.6 Å². The number of carbonyl (C=O) groups excluding carboxylic acids is 1. The van der Waals surface area contributed by atoms with Gasteiger partial charge in [0.2, 0.25) is 5.91 Å². The van der Waals surface area contributed by atoms with Crippen molar-refractivity contribution in [2.75, 3.05) is 39.3 Å². The topological polar surface area (TPSA) is 122 Å². The molecule has 3 N–H and O–H groups in total. The van der Waals surface area contributed by atoms with Crippen molar-refractivity contribution in [3.8, 4) is 5.75 Å². The number of nitrogens with zero attached hydrogens (tertiary/aromatic N) is 4. The van der Waals surface area contributed by atoms with E-state index in [-0.39, 0.29) is 5.91 Å². The minimum Gasteiger partial charge on any atom is -0.493 e. The molecule has 1 saturated heterocycles. The average Bonchev–Trinajstić information content (AvgIpc) is 3.62. The van der Waals surface area contributed by atoms with Crippen LogP contribution in [-0.4, -0.2) is 82.1 Å². The Kier molecular flexibility index (Phi) is 14.7. The molecule has 4 rings (SSSR count). The molecule has 232 valence electrons. The fraction of sp³-hybridized carbons (Fsp3) is 0.636. The third-order valence-electron chi connectivity index (χ3n) is 8.14. The molecule has 2 aliphatic heterocycles. The maximum atomic E-state index is 13.6. The number of aryl methyl sites for hydroxylation is 1. The van der Waals surface area contributed by atoms with Crippen molar-refractivity contribution in [1.82, 2.24) is 19.8 Å².